The van der Waals surface area contributed by atoms with Gasteiger partial charge in [0.2, 0.25) is 0 Å². The molecule has 5 nitrogen and oxygen atoms in total. The maximum atomic E-state index is 13.1. The molecule has 0 aliphatic rings. The molecule has 3 rings (SSSR count). The molecule has 9 heteroatoms. The first-order valence-electron chi connectivity index (χ1n) is 7.81. The van der Waals surface area contributed by atoms with Gasteiger partial charge < -0.3 is 0 Å². The Morgan fingerprint density at radius 3 is 2.41 bits per heavy atom. The molecule has 0 saturated carbocycles. The summed E-state index contributed by atoms with van der Waals surface area (Å²) < 4.78 is 40.8. The molecule has 0 bridgehead atoms. The van der Waals surface area contributed by atoms with Crippen molar-refractivity contribution in [2.45, 2.75) is 11.3 Å². The van der Waals surface area contributed by atoms with E-state index in [1.807, 2.05) is 36.6 Å². The molecule has 1 heterocycles. The van der Waals surface area contributed by atoms with Crippen LogP contribution >= 0.6 is 11.8 Å². The van der Waals surface area contributed by atoms with Crippen molar-refractivity contribution in [3.63, 3.8) is 0 Å². The number of hydrogen-bond donors (Lipinski definition) is 2. The molecule has 0 spiro atoms. The number of para-hydroxylation sites is 2. The Bertz CT molecular complexity index is 941. The monoisotopic (exact) mass is 392 g/mol. The van der Waals surface area contributed by atoms with Gasteiger partial charge in [0.25, 0.3) is 5.91 Å². The molecule has 1 amide bonds. The van der Waals surface area contributed by atoms with Crippen LogP contribution in [0.2, 0.25) is 0 Å². The highest BCUT2D eigenvalue weighted by Crippen LogP contribution is 2.34. The lowest BCUT2D eigenvalue weighted by Gasteiger charge is -2.15. The molecule has 0 saturated heterocycles. The molecule has 0 radical (unpaired) electrons. The number of benzene rings is 2. The van der Waals surface area contributed by atoms with Crippen molar-refractivity contribution in [3.8, 4) is 5.69 Å². The van der Waals surface area contributed by atoms with Gasteiger partial charge in [-0.1, -0.05) is 42.1 Å². The quantitative estimate of drug-likeness (QED) is 0.500. The number of imidazole rings is 1. The molecule has 1 aromatic heterocycles. The number of amides is 1. The Morgan fingerprint density at radius 2 is 1.74 bits per heavy atom. The van der Waals surface area contributed by atoms with Crippen LogP contribution in [-0.2, 0) is 6.18 Å². The van der Waals surface area contributed by atoms with Gasteiger partial charge >= 0.3 is 6.18 Å². The van der Waals surface area contributed by atoms with Crippen molar-refractivity contribution in [3.05, 3.63) is 72.1 Å². The van der Waals surface area contributed by atoms with E-state index in [1.54, 1.807) is 4.57 Å². The number of halogens is 3. The molecule has 2 aromatic carbocycles. The summed E-state index contributed by atoms with van der Waals surface area (Å²) in [7, 11) is 0. The van der Waals surface area contributed by atoms with Crippen molar-refractivity contribution in [1.82, 2.24) is 15.0 Å². The number of hydrazine groups is 1. The molecule has 140 valence electrons. The smallest absolute Gasteiger partial charge is 0.298 e. The van der Waals surface area contributed by atoms with Crippen LogP contribution in [0.5, 0.6) is 0 Å². The van der Waals surface area contributed by atoms with Gasteiger partial charge in [-0.05, 0) is 30.5 Å². The maximum absolute atomic E-state index is 13.1. The summed E-state index contributed by atoms with van der Waals surface area (Å²) in [4.78, 5) is 16.8. The molecule has 0 fully saturated rings. The first-order chi connectivity index (χ1) is 12.9. The van der Waals surface area contributed by atoms with E-state index >= 15 is 0 Å². The lowest BCUT2D eigenvalue weighted by Crippen LogP contribution is -2.32. The SMILES string of the molecule is CSc1ncc(C(=O)NNc2ccccc2C(F)(F)F)n1-c1ccccc1. The van der Waals surface area contributed by atoms with Gasteiger partial charge in [-0.25, -0.2) is 4.98 Å². The Kier molecular flexibility index (Phi) is 5.41. The third kappa shape index (κ3) is 4.08. The Labute approximate surface area is 157 Å². The standard InChI is InChI=1S/C18H15F3N4OS/c1-27-17-22-11-15(25(17)12-7-3-2-4-8-12)16(26)24-23-14-10-6-5-9-13(14)18(19,20)21/h2-11,23H,1H3,(H,24,26). The van der Waals surface area contributed by atoms with Crippen LogP contribution in [0.1, 0.15) is 16.1 Å². The number of hydrogen-bond acceptors (Lipinski definition) is 4. The number of carbonyl (C=O) groups is 1. The number of nitrogens with one attached hydrogen (secondary N) is 2. The molecule has 0 atom stereocenters. The van der Waals surface area contributed by atoms with E-state index in [2.05, 4.69) is 15.8 Å². The van der Waals surface area contributed by atoms with Crippen LogP contribution in [0.3, 0.4) is 0 Å². The molecule has 27 heavy (non-hydrogen) atoms. The number of carbonyl (C=O) groups excluding carboxylic acids is 1. The Hall–Kier alpha value is -2.94. The summed E-state index contributed by atoms with van der Waals surface area (Å²) in [6, 6.07) is 14.0. The average molecular weight is 392 g/mol. The van der Waals surface area contributed by atoms with Gasteiger partial charge in [0.1, 0.15) is 5.69 Å². The number of rotatable bonds is 5. The summed E-state index contributed by atoms with van der Waals surface area (Å²) in [5, 5.41) is 0.585. The molecule has 0 unspecified atom stereocenters. The minimum absolute atomic E-state index is 0.197. The van der Waals surface area contributed by atoms with Crippen LogP contribution < -0.4 is 10.9 Å². The largest absolute Gasteiger partial charge is 0.418 e. The summed E-state index contributed by atoms with van der Waals surface area (Å²) in [5.41, 5.74) is 4.48. The lowest BCUT2D eigenvalue weighted by molar-refractivity contribution is -0.137. The van der Waals surface area contributed by atoms with Crippen molar-refractivity contribution in [1.29, 1.82) is 0 Å². The third-order valence-corrected chi connectivity index (χ3v) is 4.36. The van der Waals surface area contributed by atoms with E-state index in [0.29, 0.717) is 5.16 Å². The number of nitrogens with zero attached hydrogens (tertiary/aromatic N) is 2. The summed E-state index contributed by atoms with van der Waals surface area (Å²) in [6.45, 7) is 0. The van der Waals surface area contributed by atoms with Crippen LogP contribution in [0, 0.1) is 0 Å². The minimum Gasteiger partial charge on any atom is -0.298 e. The highest BCUT2D eigenvalue weighted by atomic mass is 32.2. The predicted octanol–water partition coefficient (Wildman–Crippen LogP) is 4.37. The highest BCUT2D eigenvalue weighted by Gasteiger charge is 2.33. The Balaban J connectivity index is 1.86. The van der Waals surface area contributed by atoms with Gasteiger partial charge in [-0.3, -0.25) is 20.2 Å². The molecule has 0 aliphatic carbocycles. The van der Waals surface area contributed by atoms with E-state index in [-0.39, 0.29) is 11.4 Å². The lowest BCUT2D eigenvalue weighted by atomic mass is 10.2. The number of alkyl halides is 3. The third-order valence-electron chi connectivity index (χ3n) is 3.70. The summed E-state index contributed by atoms with van der Waals surface area (Å²) in [6.07, 6.45) is -1.33. The van der Waals surface area contributed by atoms with E-state index in [4.69, 9.17) is 0 Å². The predicted molar refractivity (Wildman–Crippen MR) is 97.9 cm³/mol. The van der Waals surface area contributed by atoms with Crippen LogP contribution in [0.15, 0.2) is 66.0 Å². The zero-order valence-corrected chi connectivity index (χ0v) is 14.9. The molecular formula is C18H15F3N4OS. The zero-order valence-electron chi connectivity index (χ0n) is 14.1. The fraction of sp³-hybridized carbons (Fsp3) is 0.111. The molecule has 3 aromatic rings. The number of aromatic nitrogens is 2. The summed E-state index contributed by atoms with van der Waals surface area (Å²) in [5.74, 6) is -0.608. The first-order valence-corrected chi connectivity index (χ1v) is 9.04. The van der Waals surface area contributed by atoms with E-state index in [1.165, 1.54) is 36.2 Å². The van der Waals surface area contributed by atoms with Crippen molar-refractivity contribution >= 4 is 23.4 Å². The maximum Gasteiger partial charge on any atom is 0.418 e. The van der Waals surface area contributed by atoms with Crippen molar-refractivity contribution in [2.24, 2.45) is 0 Å². The minimum atomic E-state index is -4.54. The van der Waals surface area contributed by atoms with Gasteiger partial charge in [0.15, 0.2) is 5.16 Å². The second-order valence-corrected chi connectivity index (χ2v) is 6.20. The van der Waals surface area contributed by atoms with E-state index < -0.39 is 17.6 Å². The van der Waals surface area contributed by atoms with Gasteiger partial charge in [-0.2, -0.15) is 13.2 Å². The average Bonchev–Trinajstić information content (AvgIpc) is 3.10. The van der Waals surface area contributed by atoms with Crippen molar-refractivity contribution in [2.75, 3.05) is 11.7 Å². The fourth-order valence-corrected chi connectivity index (χ4v) is 3.04. The van der Waals surface area contributed by atoms with E-state index in [0.717, 1.165) is 11.8 Å². The van der Waals surface area contributed by atoms with Gasteiger partial charge in [-0.15, -0.1) is 0 Å². The number of thioether (sulfide) groups is 1. The van der Waals surface area contributed by atoms with Crippen LogP contribution in [-0.4, -0.2) is 21.7 Å². The van der Waals surface area contributed by atoms with Gasteiger partial charge in [0.05, 0.1) is 17.4 Å². The topological polar surface area (TPSA) is 59.0 Å². The summed E-state index contributed by atoms with van der Waals surface area (Å²) >= 11 is 1.35. The van der Waals surface area contributed by atoms with Crippen molar-refractivity contribution < 1.29 is 18.0 Å². The molecular weight excluding hydrogens is 377 g/mol. The molecule has 2 N–H and O–H groups in total. The highest BCUT2D eigenvalue weighted by molar-refractivity contribution is 7.98. The van der Waals surface area contributed by atoms with E-state index in [9.17, 15) is 18.0 Å². The molecule has 0 aliphatic heterocycles. The number of anilines is 1. The van der Waals surface area contributed by atoms with Gasteiger partial charge in [0, 0.05) is 5.69 Å². The second kappa shape index (κ2) is 7.75. The van der Waals surface area contributed by atoms with Crippen LogP contribution in [0.25, 0.3) is 5.69 Å². The normalized spacial score (nSPS) is 11.3. The van der Waals surface area contributed by atoms with Crippen LogP contribution in [0.4, 0.5) is 18.9 Å². The Morgan fingerprint density at radius 1 is 1.07 bits per heavy atom. The zero-order chi connectivity index (χ0) is 19.4. The first kappa shape index (κ1) is 18.8. The fourth-order valence-electron chi connectivity index (χ4n) is 2.49. The second-order valence-electron chi connectivity index (χ2n) is 5.42.